The summed E-state index contributed by atoms with van der Waals surface area (Å²) in [7, 11) is 0. The number of carboxylic acids is 6. The van der Waals surface area contributed by atoms with Crippen LogP contribution in [0.5, 0.6) is 0 Å². The molecule has 6 amide bonds. The number of aryl methyl sites for hydroxylation is 5. The third kappa shape index (κ3) is 44.3. The number of carboxylic acid groups (broad SMARTS) is 6. The lowest BCUT2D eigenvalue weighted by atomic mass is 9.93. The molecular weight excluding hydrogens is 2020 g/mol. The zero-order chi connectivity index (χ0) is 114. The molecule has 4 aromatic carbocycles. The number of hydrogen-bond donors (Lipinski definition) is 6. The van der Waals surface area contributed by atoms with Gasteiger partial charge >= 0.3 is 35.8 Å². The predicted octanol–water partition coefficient (Wildman–Crippen LogP) is 20.8. The number of hydrogen-bond acceptors (Lipinski definition) is 24. The second-order valence-electron chi connectivity index (χ2n) is 46.7. The van der Waals surface area contributed by atoms with Gasteiger partial charge in [0, 0.05) is 137 Å². The number of fused-ring (bicyclic) bond motifs is 5. The van der Waals surface area contributed by atoms with E-state index in [0.29, 0.717) is 86.9 Å². The first kappa shape index (κ1) is 132. The van der Waals surface area contributed by atoms with Crippen molar-refractivity contribution in [3.05, 3.63) is 118 Å². The van der Waals surface area contributed by atoms with Gasteiger partial charge < -0.3 is 60.0 Å². The molecule has 0 heterocycles. The van der Waals surface area contributed by atoms with E-state index in [2.05, 4.69) is 13.8 Å². The monoisotopic (exact) mass is 2180 g/mol. The van der Waals surface area contributed by atoms with Crippen molar-refractivity contribution >= 4 is 195 Å². The molecule has 12 unspecified atom stereocenters. The van der Waals surface area contributed by atoms with Crippen molar-refractivity contribution < 1.29 is 117 Å². The van der Waals surface area contributed by atoms with E-state index in [0.717, 1.165) is 127 Å². The molecule has 36 heteroatoms. The fourth-order valence-corrected chi connectivity index (χ4v) is 22.9. The Morgan fingerprint density at radius 2 is 0.530 bits per heavy atom. The molecule has 828 valence electrons. The number of carbonyl (C=O) groups excluding carboxylic acids is 12. The van der Waals surface area contributed by atoms with Crippen LogP contribution in [0.4, 0.5) is 22.7 Å². The lowest BCUT2D eigenvalue weighted by Crippen LogP contribution is -2.48. The molecule has 9 rings (SSSR count). The minimum atomic E-state index is -1.07. The Morgan fingerprint density at radius 3 is 0.779 bits per heavy atom. The number of thioether (sulfide) groups is 6. The van der Waals surface area contributed by atoms with Crippen molar-refractivity contribution in [3.8, 4) is 0 Å². The summed E-state index contributed by atoms with van der Waals surface area (Å²) in [4.78, 5) is 225. The fourth-order valence-electron chi connectivity index (χ4n) is 17.1. The van der Waals surface area contributed by atoms with Crippen LogP contribution in [0.1, 0.15) is 277 Å². The summed E-state index contributed by atoms with van der Waals surface area (Å²) in [6, 6.07) is 25.9. The highest BCUT2D eigenvalue weighted by Crippen LogP contribution is 2.49. The number of nitrogens with zero attached hydrogens (tertiary/aromatic N) is 6. The summed E-state index contributed by atoms with van der Waals surface area (Å²) in [5.41, 5.74) is 6.10. The highest BCUT2D eigenvalue weighted by molar-refractivity contribution is 8.15. The first-order chi connectivity index (χ1) is 68.6. The molecule has 4 saturated carbocycles. The second kappa shape index (κ2) is 59.2. The summed E-state index contributed by atoms with van der Waals surface area (Å²) >= 11 is 6.87. The fraction of sp³-hybridized carbons (Fsp3) is 0.628. The number of carbonyl (C=O) groups is 18. The zero-order valence-corrected chi connectivity index (χ0v) is 97.9. The minimum absolute atomic E-state index is 0.0160. The van der Waals surface area contributed by atoms with Gasteiger partial charge in [-0.25, -0.2) is 0 Å². The third-order valence-electron chi connectivity index (χ3n) is 25.7. The summed E-state index contributed by atoms with van der Waals surface area (Å²) in [5.74, 6) is -5.39. The topological polar surface area (TPSA) is 448 Å². The van der Waals surface area contributed by atoms with E-state index in [1.807, 2.05) is 194 Å². The molecule has 30 nitrogen and oxygen atoms in total. The molecule has 4 aromatic rings. The lowest BCUT2D eigenvalue weighted by molar-refractivity contribution is -0.148. The van der Waals surface area contributed by atoms with Crippen molar-refractivity contribution in [2.24, 2.45) is 91.7 Å². The molecule has 0 radical (unpaired) electrons. The number of amides is 6. The van der Waals surface area contributed by atoms with Gasteiger partial charge in [-0.2, -0.15) is 0 Å². The van der Waals surface area contributed by atoms with Gasteiger partial charge in [0.05, 0.1) is 0 Å². The standard InChI is InChI=1S/C20H27NO4S.C20H29NO4S.C19H27NO4S.2C18H29NO4S.C18H25NO4S/c1-13(12-26-19(25)20(2,3)4)18(24)21(11-17(22)23)16-9-8-14-6-5-7-15(14)10-16;1-13(2)15-7-9-16(10-8-15)21(11-17(22)23)18(24)14(3)12-26-19(25)20(4,5)6;1-12-7-13(2)9-15(8-12)20(10-16(21)22)17(23)14(3)11-25-18(24)19(4,5)6;2*1-11(10-24-17(23)18(2,3)4)16(22)19(9-15(20)21)14-8-12-5-6-13(14)7-12;1-12-6-8-14(9-7-12)19(10-15(20)21)16(22)13(2)11-24-17(23)18(3,4)5/h8-10,13H,5-7,11-12H2,1-4H3,(H,22,23);7-10,13-14H,11-12H2,1-6H3,(H,22,23);7-9,14H,10-11H2,1-6H3,(H,21,22);2*11-14H,5-10H2,1-4H3,(H,20,21);6-9,13H,10-11H2,1-5H3,(H,20,21). The van der Waals surface area contributed by atoms with E-state index in [9.17, 15) is 112 Å². The van der Waals surface area contributed by atoms with Crippen molar-refractivity contribution in [1.82, 2.24) is 9.80 Å². The van der Waals surface area contributed by atoms with E-state index >= 15 is 0 Å². The Labute approximate surface area is 908 Å². The highest BCUT2D eigenvalue weighted by Gasteiger charge is 2.48. The Hall–Kier alpha value is -9.36. The maximum atomic E-state index is 12.9. The number of anilines is 4. The molecule has 0 aliphatic heterocycles. The highest BCUT2D eigenvalue weighted by atomic mass is 32.2. The van der Waals surface area contributed by atoms with Gasteiger partial charge in [0.15, 0.2) is 30.7 Å². The van der Waals surface area contributed by atoms with Gasteiger partial charge in [0.1, 0.15) is 39.3 Å². The summed E-state index contributed by atoms with van der Waals surface area (Å²) < 4.78 is 0. The molecule has 6 N–H and O–H groups in total. The van der Waals surface area contributed by atoms with Crippen molar-refractivity contribution in [2.45, 2.75) is 289 Å². The van der Waals surface area contributed by atoms with Crippen molar-refractivity contribution in [1.29, 1.82) is 0 Å². The molecule has 12 atom stereocenters. The quantitative estimate of drug-likeness (QED) is 0.0244. The summed E-state index contributed by atoms with van der Waals surface area (Å²) in [6.45, 7) is 51.6. The molecule has 4 bridgehead atoms. The SMILES string of the molecule is CC(CSC(=O)C(C)(C)C)C(=O)N(CC(=O)O)C1CC2CCC1C2.CC(CSC(=O)C(C)(C)C)C(=O)N(CC(=O)O)C1CC2CCC1C2.CC(CSC(=O)C(C)(C)C)C(=O)N(CC(=O)O)c1ccc(C(C)C)cc1.CC(CSC(=O)C(C)(C)C)C(=O)N(CC(=O)O)c1ccc2c(c1)CCC2.Cc1cc(C)cc(N(CC(=O)O)C(=O)C(C)CSC(=O)C(C)(C)C)c1.Cc1ccc(N(CC(=O)O)C(=O)C(C)CSC(=O)C(C)(C)C)cc1. The zero-order valence-electron chi connectivity index (χ0n) is 93.0. The maximum absolute atomic E-state index is 12.9. The molecule has 149 heavy (non-hydrogen) atoms. The van der Waals surface area contributed by atoms with E-state index < -0.39 is 112 Å². The van der Waals surface area contributed by atoms with Crippen LogP contribution < -0.4 is 19.6 Å². The third-order valence-corrected chi connectivity index (χ3v) is 35.0. The summed E-state index contributed by atoms with van der Waals surface area (Å²) in [5, 5.41) is 55.4. The lowest BCUT2D eigenvalue weighted by Gasteiger charge is -2.35. The largest absolute Gasteiger partial charge is 0.480 e. The molecule has 4 fully saturated rings. The van der Waals surface area contributed by atoms with Crippen molar-refractivity contribution in [3.63, 3.8) is 0 Å². The van der Waals surface area contributed by atoms with Crippen LogP contribution in [-0.4, -0.2) is 228 Å². The smallest absolute Gasteiger partial charge is 0.323 e. The average Bonchev–Trinajstić information content (AvgIpc) is 1.64. The molecular formula is C113H166N6O24S6. The van der Waals surface area contributed by atoms with E-state index in [1.165, 1.54) is 67.1 Å². The van der Waals surface area contributed by atoms with Gasteiger partial charge in [-0.05, 0) is 184 Å². The Morgan fingerprint density at radius 1 is 0.282 bits per heavy atom. The van der Waals surface area contributed by atoms with E-state index in [1.54, 1.807) is 87.7 Å². The Balaban J connectivity index is 0.000000372. The van der Waals surface area contributed by atoms with E-state index in [4.69, 9.17) is 5.11 Å². The molecule has 0 aromatic heterocycles. The van der Waals surface area contributed by atoms with Crippen LogP contribution in [0.2, 0.25) is 0 Å². The molecule has 5 aliphatic rings. The average molecular weight is 2180 g/mol. The number of aliphatic carboxylic acids is 6. The van der Waals surface area contributed by atoms with Gasteiger partial charge in [0.25, 0.3) is 0 Å². The van der Waals surface area contributed by atoms with Crippen LogP contribution in [-0.2, 0) is 99.1 Å². The molecule has 0 saturated heterocycles. The normalized spacial score (nSPS) is 17.6. The first-order valence-corrected chi connectivity index (χ1v) is 57.1. The van der Waals surface area contributed by atoms with Crippen LogP contribution >= 0.6 is 70.6 Å². The van der Waals surface area contributed by atoms with Crippen molar-refractivity contribution in [2.75, 3.05) is 93.4 Å². The second-order valence-corrected chi connectivity index (χ2v) is 52.7. The first-order valence-electron chi connectivity index (χ1n) is 51.2. The predicted molar refractivity (Wildman–Crippen MR) is 600 cm³/mol. The molecule has 5 aliphatic carbocycles. The maximum Gasteiger partial charge on any atom is 0.323 e. The van der Waals surface area contributed by atoms with Gasteiger partial charge in [-0.3, -0.25) is 86.3 Å². The molecule has 0 spiro atoms. The summed E-state index contributed by atoms with van der Waals surface area (Å²) in [6.07, 6.45) is 11.8. The van der Waals surface area contributed by atoms with Crippen LogP contribution in [0.3, 0.4) is 0 Å². The Bertz CT molecular complexity index is 5200. The van der Waals surface area contributed by atoms with Crippen LogP contribution in [0.25, 0.3) is 0 Å². The van der Waals surface area contributed by atoms with Crippen LogP contribution in [0, 0.1) is 112 Å². The minimum Gasteiger partial charge on any atom is -0.480 e. The van der Waals surface area contributed by atoms with Gasteiger partial charge in [-0.1, -0.05) is 305 Å². The van der Waals surface area contributed by atoms with Gasteiger partial charge in [0.2, 0.25) is 35.4 Å². The van der Waals surface area contributed by atoms with Gasteiger partial charge in [-0.15, -0.1) is 0 Å². The number of rotatable bonds is 37. The Kier molecular flexibility index (Phi) is 52.4. The van der Waals surface area contributed by atoms with E-state index in [-0.39, 0.29) is 110 Å². The van der Waals surface area contributed by atoms with Crippen LogP contribution in [0.15, 0.2) is 84.9 Å². The number of benzene rings is 4.